The van der Waals surface area contributed by atoms with E-state index in [-0.39, 0.29) is 6.10 Å². The van der Waals surface area contributed by atoms with E-state index >= 15 is 0 Å². The van der Waals surface area contributed by atoms with E-state index in [0.717, 1.165) is 33.2 Å². The first-order valence-electron chi connectivity index (χ1n) is 11.3. The van der Waals surface area contributed by atoms with Gasteiger partial charge >= 0.3 is 0 Å². The van der Waals surface area contributed by atoms with E-state index in [1.807, 2.05) is 0 Å². The Morgan fingerprint density at radius 3 is 1.82 bits per heavy atom. The largest absolute Gasteiger partial charge is 0.366 e. The number of nitrogens with zero attached hydrogens (tertiary/aromatic N) is 1. The van der Waals surface area contributed by atoms with Crippen molar-refractivity contribution in [2.45, 2.75) is 32.0 Å². The van der Waals surface area contributed by atoms with Crippen LogP contribution in [0.2, 0.25) is 0 Å². The number of anilines is 3. The van der Waals surface area contributed by atoms with E-state index in [1.54, 1.807) is 0 Å². The van der Waals surface area contributed by atoms with Crippen LogP contribution in [0.1, 0.15) is 41.7 Å². The number of benzene rings is 4. The first-order chi connectivity index (χ1) is 16.1. The maximum atomic E-state index is 6.11. The lowest BCUT2D eigenvalue weighted by Crippen LogP contribution is -2.11. The second-order valence-electron chi connectivity index (χ2n) is 8.82. The smallest absolute Gasteiger partial charge is 0.0838 e. The molecular formula is C29H23Br2NO. The summed E-state index contributed by atoms with van der Waals surface area (Å²) in [4.78, 5) is 2.31. The first-order valence-corrected chi connectivity index (χ1v) is 12.9. The number of aryl methyl sites for hydroxylation is 1. The third-order valence-corrected chi connectivity index (χ3v) is 7.80. The maximum Gasteiger partial charge on any atom is 0.0838 e. The molecule has 2 aliphatic heterocycles. The standard InChI is InChI=1S/C29H23Br2NO/c1-18-16-19(20-2-12-25-26(17-20)29-15-14-28(25)33-29)3-13-27(18)32(23-8-4-21(30)5-9-23)24-10-6-22(31)7-11-24/h2-13,16-17,28-29H,14-15H2,1H3. The minimum atomic E-state index is 0.288. The highest BCUT2D eigenvalue weighted by Crippen LogP contribution is 2.51. The zero-order valence-corrected chi connectivity index (χ0v) is 21.4. The van der Waals surface area contributed by atoms with Gasteiger partial charge in [-0.1, -0.05) is 50.1 Å². The van der Waals surface area contributed by atoms with Crippen LogP contribution in [-0.4, -0.2) is 0 Å². The molecule has 2 bridgehead atoms. The van der Waals surface area contributed by atoms with Crippen LogP contribution in [0, 0.1) is 6.92 Å². The van der Waals surface area contributed by atoms with Gasteiger partial charge in [-0.15, -0.1) is 0 Å². The topological polar surface area (TPSA) is 12.5 Å². The van der Waals surface area contributed by atoms with Gasteiger partial charge in [0.1, 0.15) is 0 Å². The molecule has 0 spiro atoms. The summed E-state index contributed by atoms with van der Waals surface area (Å²) in [5.41, 5.74) is 9.94. The molecule has 0 N–H and O–H groups in total. The molecule has 2 aliphatic rings. The molecule has 1 fully saturated rings. The van der Waals surface area contributed by atoms with Crippen molar-refractivity contribution in [3.8, 4) is 11.1 Å². The Bertz CT molecular complexity index is 1290. The number of hydrogen-bond donors (Lipinski definition) is 0. The van der Waals surface area contributed by atoms with E-state index < -0.39 is 0 Å². The average molecular weight is 561 g/mol. The van der Waals surface area contributed by atoms with Gasteiger partial charge in [0.2, 0.25) is 0 Å². The molecule has 4 aromatic rings. The molecule has 0 aliphatic carbocycles. The van der Waals surface area contributed by atoms with Gasteiger partial charge in [0, 0.05) is 26.0 Å². The predicted molar refractivity (Wildman–Crippen MR) is 142 cm³/mol. The van der Waals surface area contributed by atoms with E-state index in [9.17, 15) is 0 Å². The molecule has 4 aromatic carbocycles. The predicted octanol–water partition coefficient (Wildman–Crippen LogP) is 9.56. The van der Waals surface area contributed by atoms with Crippen LogP contribution in [0.5, 0.6) is 0 Å². The average Bonchev–Trinajstić information content (AvgIpc) is 3.45. The van der Waals surface area contributed by atoms with Crippen LogP contribution in [0.15, 0.2) is 93.9 Å². The molecule has 0 aromatic heterocycles. The number of ether oxygens (including phenoxy) is 1. The van der Waals surface area contributed by atoms with Gasteiger partial charge in [-0.25, -0.2) is 0 Å². The first kappa shape index (κ1) is 21.2. The maximum absolute atomic E-state index is 6.11. The highest BCUT2D eigenvalue weighted by Gasteiger charge is 2.37. The molecule has 0 amide bonds. The molecule has 2 unspecified atom stereocenters. The molecule has 0 radical (unpaired) electrons. The lowest BCUT2D eigenvalue weighted by Gasteiger charge is -2.27. The Morgan fingerprint density at radius 1 is 0.667 bits per heavy atom. The molecule has 164 valence electrons. The van der Waals surface area contributed by atoms with E-state index in [0.29, 0.717) is 6.10 Å². The number of hydrogen-bond acceptors (Lipinski definition) is 2. The fraction of sp³-hybridized carbons (Fsp3) is 0.172. The van der Waals surface area contributed by atoms with Crippen molar-refractivity contribution in [1.29, 1.82) is 0 Å². The van der Waals surface area contributed by atoms with Crippen molar-refractivity contribution in [2.24, 2.45) is 0 Å². The molecule has 4 heteroatoms. The lowest BCUT2D eigenvalue weighted by atomic mass is 9.89. The lowest BCUT2D eigenvalue weighted by molar-refractivity contribution is 0.0717. The second kappa shape index (κ2) is 8.43. The third kappa shape index (κ3) is 3.84. The van der Waals surface area contributed by atoms with Gasteiger partial charge in [0.25, 0.3) is 0 Å². The SMILES string of the molecule is Cc1cc(-c2ccc3c(c2)C2CCC3O2)ccc1N(c1ccc(Br)cc1)c1ccc(Br)cc1. The molecule has 1 saturated heterocycles. The summed E-state index contributed by atoms with van der Waals surface area (Å²) >= 11 is 7.13. The number of rotatable bonds is 4. The fourth-order valence-electron chi connectivity index (χ4n) is 5.11. The zero-order chi connectivity index (χ0) is 22.5. The summed E-state index contributed by atoms with van der Waals surface area (Å²) in [6, 6.07) is 30.6. The van der Waals surface area contributed by atoms with Crippen LogP contribution < -0.4 is 4.90 Å². The Kier molecular flexibility index (Phi) is 5.40. The number of fused-ring (bicyclic) bond motifs is 5. The van der Waals surface area contributed by atoms with Crippen molar-refractivity contribution < 1.29 is 4.74 Å². The Labute approximate surface area is 211 Å². The highest BCUT2D eigenvalue weighted by atomic mass is 79.9. The summed E-state index contributed by atoms with van der Waals surface area (Å²) < 4.78 is 8.25. The molecule has 33 heavy (non-hydrogen) atoms. The molecule has 2 heterocycles. The summed E-state index contributed by atoms with van der Waals surface area (Å²) in [6.45, 7) is 2.20. The minimum absolute atomic E-state index is 0.288. The van der Waals surface area contributed by atoms with Crippen LogP contribution in [0.3, 0.4) is 0 Å². The Hall–Kier alpha value is -2.40. The van der Waals surface area contributed by atoms with Crippen molar-refractivity contribution in [3.05, 3.63) is 111 Å². The van der Waals surface area contributed by atoms with Crippen LogP contribution in [0.4, 0.5) is 17.1 Å². The van der Waals surface area contributed by atoms with Gasteiger partial charge in [-0.05, 0) is 114 Å². The summed E-state index contributed by atoms with van der Waals surface area (Å²) in [6.07, 6.45) is 2.91. The Balaban J connectivity index is 1.41. The molecule has 6 rings (SSSR count). The monoisotopic (exact) mass is 559 g/mol. The van der Waals surface area contributed by atoms with Crippen molar-refractivity contribution in [3.63, 3.8) is 0 Å². The second-order valence-corrected chi connectivity index (χ2v) is 10.7. The van der Waals surface area contributed by atoms with Crippen molar-refractivity contribution >= 4 is 48.9 Å². The summed E-state index contributed by atoms with van der Waals surface area (Å²) in [7, 11) is 0. The molecule has 0 saturated carbocycles. The highest BCUT2D eigenvalue weighted by molar-refractivity contribution is 9.10. The quantitative estimate of drug-likeness (QED) is 0.246. The van der Waals surface area contributed by atoms with E-state index in [2.05, 4.69) is 129 Å². The molecular weight excluding hydrogens is 538 g/mol. The van der Waals surface area contributed by atoms with Crippen LogP contribution >= 0.6 is 31.9 Å². The minimum Gasteiger partial charge on any atom is -0.366 e. The normalized spacial score (nSPS) is 18.4. The van der Waals surface area contributed by atoms with Gasteiger partial charge in [-0.3, -0.25) is 0 Å². The van der Waals surface area contributed by atoms with Gasteiger partial charge in [0.15, 0.2) is 0 Å². The fourth-order valence-corrected chi connectivity index (χ4v) is 5.64. The van der Waals surface area contributed by atoms with Gasteiger partial charge in [0.05, 0.1) is 12.2 Å². The summed E-state index contributed by atoms with van der Waals surface area (Å²) in [5, 5.41) is 0. The van der Waals surface area contributed by atoms with E-state index in [4.69, 9.17) is 4.74 Å². The van der Waals surface area contributed by atoms with E-state index in [1.165, 1.54) is 33.5 Å². The summed E-state index contributed by atoms with van der Waals surface area (Å²) in [5.74, 6) is 0. The van der Waals surface area contributed by atoms with Gasteiger partial charge < -0.3 is 9.64 Å². The number of halogens is 2. The van der Waals surface area contributed by atoms with Crippen molar-refractivity contribution in [2.75, 3.05) is 4.90 Å². The van der Waals surface area contributed by atoms with Gasteiger partial charge in [-0.2, -0.15) is 0 Å². The zero-order valence-electron chi connectivity index (χ0n) is 18.3. The molecule has 2 nitrogen and oxygen atoms in total. The van der Waals surface area contributed by atoms with Crippen LogP contribution in [-0.2, 0) is 4.74 Å². The van der Waals surface area contributed by atoms with Crippen LogP contribution in [0.25, 0.3) is 11.1 Å². The third-order valence-electron chi connectivity index (χ3n) is 6.74. The molecule has 2 atom stereocenters. The van der Waals surface area contributed by atoms with Crippen molar-refractivity contribution in [1.82, 2.24) is 0 Å². The Morgan fingerprint density at radius 2 is 1.21 bits per heavy atom.